The van der Waals surface area contributed by atoms with E-state index < -0.39 is 31.7 Å². The van der Waals surface area contributed by atoms with E-state index in [1.807, 2.05) is 60.7 Å². The summed E-state index contributed by atoms with van der Waals surface area (Å²) in [5, 5.41) is 12.1. The van der Waals surface area contributed by atoms with E-state index in [4.69, 9.17) is 25.7 Å². The van der Waals surface area contributed by atoms with Crippen molar-refractivity contribution in [3.8, 4) is 45.9 Å². The molecule has 0 saturated carbocycles. The third-order valence-corrected chi connectivity index (χ3v) is 29.6. The molecule has 0 aromatic heterocycles. The van der Waals surface area contributed by atoms with Gasteiger partial charge in [-0.05, 0) is 137 Å². The fourth-order valence-corrected chi connectivity index (χ4v) is 25.1. The normalized spacial score (nSPS) is 11.2. The van der Waals surface area contributed by atoms with E-state index in [1.165, 1.54) is 112 Å². The van der Waals surface area contributed by atoms with Crippen LogP contribution in [0, 0.1) is 49.4 Å². The first-order valence-electron chi connectivity index (χ1n) is 31.4. The van der Waals surface area contributed by atoms with Gasteiger partial charge in [-0.3, -0.25) is 23.7 Å². The standard InChI is InChI=1S/2C26H24P2.C19H12.C17H8.4Au/c2*1-5-13-23(14-6-1)27(24-15-7-2-8-16-24)21-22-28(25-17-9-3-10-18-25)26-19-11-4-12-20-26;1-5-13-7-9-15-16-10-8-14(6-2)12-18(16)19(3,4)17(15)11-13;1-3-12-5-7-16-14(9-12)11-15-10-13(4-2)6-8-17(15)16;;;;/h2*1-20H,21-22H2;7-12H,3-4H3;5-10H,11H2;;;;/q;;2*-2;4*+1/p+4. The minimum Gasteiger partial charge on any atom is -0.366 e. The summed E-state index contributed by atoms with van der Waals surface area (Å²) in [5.74, 6) is 9.73. The van der Waals surface area contributed by atoms with Crippen LogP contribution in [0.15, 0.2) is 315 Å². The zero-order valence-corrected chi connectivity index (χ0v) is 65.9. The van der Waals surface area contributed by atoms with Crippen molar-refractivity contribution in [1.82, 2.24) is 0 Å². The Bertz CT molecular complexity index is 3950. The van der Waals surface area contributed by atoms with E-state index in [0.29, 0.717) is 0 Å². The largest absolute Gasteiger partial charge is 1.00 e. The molecule has 0 fully saturated rings. The summed E-state index contributed by atoms with van der Waals surface area (Å²) in [7, 11) is -3.13. The fraction of sp³-hybridized carbons (Fsp3) is 0.0909. The molecule has 0 spiro atoms. The van der Waals surface area contributed by atoms with Crippen LogP contribution in [-0.2, 0) is 101 Å². The molecule has 0 saturated heterocycles. The van der Waals surface area contributed by atoms with Crippen molar-refractivity contribution in [2.24, 2.45) is 0 Å². The van der Waals surface area contributed by atoms with Gasteiger partial charge in [-0.25, -0.2) is 0 Å². The number of rotatable bonds is 14. The molecule has 0 bridgehead atoms. The van der Waals surface area contributed by atoms with Crippen molar-refractivity contribution in [3.63, 3.8) is 0 Å². The van der Waals surface area contributed by atoms with Crippen molar-refractivity contribution >= 4 is 74.1 Å². The molecule has 0 N–H and O–H groups in total. The van der Waals surface area contributed by atoms with E-state index in [-0.39, 0.29) is 94.9 Å². The first-order valence-corrected chi connectivity index (χ1v) is 38.2. The molecule has 8 heteroatoms. The molecule has 2 aliphatic rings. The van der Waals surface area contributed by atoms with Crippen LogP contribution in [0.1, 0.15) is 58.4 Å². The number of hydrogen-bond donors (Lipinski definition) is 0. The van der Waals surface area contributed by atoms with E-state index in [9.17, 15) is 0 Å². The maximum atomic E-state index is 7.28. The van der Waals surface area contributed by atoms with Gasteiger partial charge in [-0.1, -0.05) is 195 Å². The average Bonchev–Trinajstić information content (AvgIpc) is 1.59. The molecular weight excluding hydrogens is 1970 g/mol. The molecule has 0 atom stereocenters. The molecule has 12 aromatic carbocycles. The van der Waals surface area contributed by atoms with Crippen LogP contribution < -0.4 is 42.4 Å². The maximum absolute atomic E-state index is 7.28. The molecule has 0 heterocycles. The Balaban J connectivity index is 0.000000182. The molecule has 0 nitrogen and oxygen atoms in total. The van der Waals surface area contributed by atoms with Crippen LogP contribution in [0.5, 0.6) is 0 Å². The Labute approximate surface area is 638 Å². The monoisotopic (exact) mass is 2040 g/mol. The molecule has 14 rings (SSSR count). The van der Waals surface area contributed by atoms with Gasteiger partial charge in [0.2, 0.25) is 0 Å². The second kappa shape index (κ2) is 38.6. The van der Waals surface area contributed by atoms with Crippen molar-refractivity contribution in [2.45, 2.75) is 25.7 Å². The van der Waals surface area contributed by atoms with Crippen LogP contribution in [0.25, 0.3) is 22.3 Å². The van der Waals surface area contributed by atoms with Crippen LogP contribution in [0.2, 0.25) is 0 Å². The zero-order chi connectivity index (χ0) is 63.5. The number of benzene rings is 12. The van der Waals surface area contributed by atoms with E-state index >= 15 is 0 Å². The van der Waals surface area contributed by atoms with Crippen molar-refractivity contribution in [3.05, 3.63) is 386 Å². The van der Waals surface area contributed by atoms with Gasteiger partial charge in [0.1, 0.15) is 24.6 Å². The Hall–Kier alpha value is -6.44. The third-order valence-electron chi connectivity index (χ3n) is 17.4. The Morgan fingerprint density at radius 2 is 0.448 bits per heavy atom. The minimum atomic E-state index is -0.783. The molecule has 2 aliphatic carbocycles. The SMILES string of the molecule is [Au+].[Au+].[Au+].[Au+].[C-]#Cc1ccc2c(c1)C(C)(C)c1cc(C#[C-])ccc1-2.[C-]#Cc1ccc2c(c1)Cc1cc(C#[C-])ccc1-2.c1ccc([PH+](CC[PH+](c2ccccc2)c2ccccc2)c2ccccc2)cc1.c1ccc([PH+](CC[PH+](c2ccccc2)c2ccccc2)c2ccccc2)cc1. The predicted octanol–water partition coefficient (Wildman–Crippen LogP) is 16.4. The van der Waals surface area contributed by atoms with Gasteiger partial charge in [0.25, 0.3) is 0 Å². The zero-order valence-electron chi connectivity index (χ0n) is 53.3. The molecule has 96 heavy (non-hydrogen) atoms. The molecule has 0 amide bonds. The third kappa shape index (κ3) is 19.5. The molecule has 484 valence electrons. The topological polar surface area (TPSA) is 0 Å². The second-order valence-electron chi connectivity index (χ2n) is 23.4. The number of fused-ring (bicyclic) bond motifs is 6. The minimum absolute atomic E-state index is 0. The van der Waals surface area contributed by atoms with Gasteiger partial charge in [0.15, 0.2) is 0 Å². The first kappa shape index (κ1) is 76.9. The van der Waals surface area contributed by atoms with Crippen LogP contribution in [0.4, 0.5) is 0 Å². The van der Waals surface area contributed by atoms with Gasteiger partial charge in [-0.15, -0.1) is 70.8 Å². The van der Waals surface area contributed by atoms with Crippen molar-refractivity contribution in [1.29, 1.82) is 0 Å². The molecule has 0 unspecified atom stereocenters. The molecule has 12 aromatic rings. The van der Waals surface area contributed by atoms with E-state index in [2.05, 4.69) is 292 Å². The predicted molar refractivity (Wildman–Crippen MR) is 405 cm³/mol. The van der Waals surface area contributed by atoms with E-state index in [1.54, 1.807) is 0 Å². The summed E-state index contributed by atoms with van der Waals surface area (Å²) >= 11 is 0. The van der Waals surface area contributed by atoms with Crippen LogP contribution >= 0.6 is 31.7 Å². The Morgan fingerprint density at radius 3 is 0.646 bits per heavy atom. The van der Waals surface area contributed by atoms with Gasteiger partial charge in [0, 0.05) is 5.41 Å². The summed E-state index contributed by atoms with van der Waals surface area (Å²) in [6.07, 6.45) is 34.8. The van der Waals surface area contributed by atoms with Crippen LogP contribution in [-0.4, -0.2) is 24.6 Å². The summed E-state index contributed by atoms with van der Waals surface area (Å²) in [4.78, 5) is 0. The summed E-state index contributed by atoms with van der Waals surface area (Å²) in [5.41, 5.74) is 13.0. The molecular formula is C88H72Au4P4+4. The smallest absolute Gasteiger partial charge is 0.366 e. The number of hydrogen-bond acceptors (Lipinski definition) is 0. The second-order valence-corrected chi connectivity index (χ2v) is 33.9. The maximum Gasteiger partial charge on any atom is 1.00 e. The van der Waals surface area contributed by atoms with Crippen LogP contribution in [0.3, 0.4) is 0 Å². The van der Waals surface area contributed by atoms with Gasteiger partial charge in [0.05, 0.1) is 74.1 Å². The summed E-state index contributed by atoms with van der Waals surface area (Å²) in [6, 6.07) is 113. The molecule has 0 aliphatic heterocycles. The quantitative estimate of drug-likeness (QED) is 0.0441. The first-order chi connectivity index (χ1) is 45.2. The van der Waals surface area contributed by atoms with Crippen molar-refractivity contribution in [2.75, 3.05) is 24.6 Å². The molecule has 0 radical (unpaired) electrons. The van der Waals surface area contributed by atoms with Gasteiger partial charge >= 0.3 is 89.5 Å². The fourth-order valence-electron chi connectivity index (χ4n) is 12.7. The van der Waals surface area contributed by atoms with Gasteiger partial charge < -0.3 is 25.7 Å². The van der Waals surface area contributed by atoms with Gasteiger partial charge in [-0.2, -0.15) is 0 Å². The Morgan fingerprint density at radius 1 is 0.260 bits per heavy atom. The Kier molecular flexibility index (Phi) is 31.0. The summed E-state index contributed by atoms with van der Waals surface area (Å²) < 4.78 is 0. The average molecular weight is 2040 g/mol. The van der Waals surface area contributed by atoms with Crippen molar-refractivity contribution < 1.29 is 89.5 Å². The summed E-state index contributed by atoms with van der Waals surface area (Å²) in [6.45, 7) is 4.36. The van der Waals surface area contributed by atoms with E-state index in [0.717, 1.165) is 28.7 Å².